The molecule has 6 heteroatoms. The van der Waals surface area contributed by atoms with E-state index < -0.39 is 11.9 Å². The highest BCUT2D eigenvalue weighted by Gasteiger charge is 2.31. The van der Waals surface area contributed by atoms with Gasteiger partial charge in [-0.05, 0) is 29.8 Å². The maximum absolute atomic E-state index is 12.3. The number of alkyl halides is 3. The van der Waals surface area contributed by atoms with Crippen LogP contribution in [0.1, 0.15) is 11.3 Å². The van der Waals surface area contributed by atoms with Gasteiger partial charge in [-0.2, -0.15) is 13.2 Å². The first-order chi connectivity index (χ1) is 9.49. The van der Waals surface area contributed by atoms with Crippen LogP contribution >= 0.6 is 0 Å². The van der Waals surface area contributed by atoms with Crippen LogP contribution in [0.3, 0.4) is 0 Å². The van der Waals surface area contributed by atoms with Gasteiger partial charge in [0.15, 0.2) is 0 Å². The number of rotatable bonds is 4. The van der Waals surface area contributed by atoms with E-state index in [2.05, 4.69) is 10.3 Å². The first-order valence-corrected chi connectivity index (χ1v) is 5.89. The zero-order valence-corrected chi connectivity index (χ0v) is 10.7. The second-order valence-corrected chi connectivity index (χ2v) is 4.13. The summed E-state index contributed by atoms with van der Waals surface area (Å²) in [5.41, 5.74) is 0.631. The lowest BCUT2D eigenvalue weighted by molar-refractivity contribution is -0.141. The molecular weight excluding hydrogens is 269 g/mol. The molecule has 1 N–H and O–H groups in total. The zero-order valence-electron chi connectivity index (χ0n) is 10.7. The Morgan fingerprint density at radius 1 is 1.10 bits per heavy atom. The molecule has 1 heterocycles. The molecule has 106 valence electrons. The lowest BCUT2D eigenvalue weighted by atomic mass is 10.2. The van der Waals surface area contributed by atoms with E-state index in [-0.39, 0.29) is 0 Å². The average molecular weight is 282 g/mol. The molecule has 0 aliphatic rings. The second kappa shape index (κ2) is 5.81. The molecule has 2 aromatic rings. The van der Waals surface area contributed by atoms with Crippen LogP contribution in [0.4, 0.5) is 18.9 Å². The van der Waals surface area contributed by atoms with Crippen molar-refractivity contribution in [3.63, 3.8) is 0 Å². The van der Waals surface area contributed by atoms with Gasteiger partial charge in [0.05, 0.1) is 19.0 Å². The maximum Gasteiger partial charge on any atom is 0.433 e. The fraction of sp³-hybridized carbons (Fsp3) is 0.214. The van der Waals surface area contributed by atoms with Gasteiger partial charge in [-0.25, -0.2) is 4.98 Å². The fourth-order valence-corrected chi connectivity index (χ4v) is 1.61. The van der Waals surface area contributed by atoms with Crippen LogP contribution in [0.25, 0.3) is 0 Å². The zero-order chi connectivity index (χ0) is 14.6. The second-order valence-electron chi connectivity index (χ2n) is 4.13. The molecule has 0 unspecified atom stereocenters. The first-order valence-electron chi connectivity index (χ1n) is 5.89. The monoisotopic (exact) mass is 282 g/mol. The topological polar surface area (TPSA) is 34.1 Å². The maximum atomic E-state index is 12.3. The van der Waals surface area contributed by atoms with Gasteiger partial charge in [0, 0.05) is 6.54 Å². The van der Waals surface area contributed by atoms with Crippen LogP contribution in [0, 0.1) is 0 Å². The van der Waals surface area contributed by atoms with Crippen LogP contribution in [0.5, 0.6) is 5.75 Å². The number of benzene rings is 1. The van der Waals surface area contributed by atoms with Crippen molar-refractivity contribution in [2.24, 2.45) is 0 Å². The molecule has 0 bridgehead atoms. The van der Waals surface area contributed by atoms with E-state index in [9.17, 15) is 13.2 Å². The molecule has 0 spiro atoms. The molecule has 2 rings (SSSR count). The number of nitrogens with one attached hydrogen (secondary N) is 1. The third-order valence-corrected chi connectivity index (χ3v) is 2.71. The predicted octanol–water partition coefficient (Wildman–Crippen LogP) is 3.72. The summed E-state index contributed by atoms with van der Waals surface area (Å²) < 4.78 is 42.1. The van der Waals surface area contributed by atoms with E-state index in [1.165, 1.54) is 12.3 Å². The number of aromatic nitrogens is 1. The molecule has 0 amide bonds. The molecule has 0 aliphatic heterocycles. The number of methoxy groups -OCH3 is 1. The minimum atomic E-state index is -4.41. The molecule has 0 radical (unpaired) electrons. The van der Waals surface area contributed by atoms with Gasteiger partial charge in [0.2, 0.25) is 0 Å². The van der Waals surface area contributed by atoms with Crippen molar-refractivity contribution >= 4 is 5.69 Å². The molecule has 0 atom stereocenters. The predicted molar refractivity (Wildman–Crippen MR) is 69.6 cm³/mol. The molecular formula is C14H13F3N2O. The molecule has 0 aliphatic carbocycles. The Labute approximate surface area is 114 Å². The number of nitrogens with zero attached hydrogens (tertiary/aromatic N) is 1. The smallest absolute Gasteiger partial charge is 0.433 e. The number of pyridine rings is 1. The third-order valence-electron chi connectivity index (χ3n) is 2.71. The highest BCUT2D eigenvalue weighted by molar-refractivity contribution is 5.42. The van der Waals surface area contributed by atoms with Gasteiger partial charge < -0.3 is 10.1 Å². The summed E-state index contributed by atoms with van der Waals surface area (Å²) in [7, 11) is 1.58. The van der Waals surface area contributed by atoms with Crippen LogP contribution in [-0.4, -0.2) is 12.1 Å². The normalized spacial score (nSPS) is 11.2. The van der Waals surface area contributed by atoms with Crippen LogP contribution in [0.15, 0.2) is 42.6 Å². The molecule has 0 fully saturated rings. The van der Waals surface area contributed by atoms with Gasteiger partial charge in [-0.1, -0.05) is 12.1 Å². The minimum absolute atomic E-state index is 0.497. The molecule has 20 heavy (non-hydrogen) atoms. The molecule has 1 aromatic heterocycles. The van der Waals surface area contributed by atoms with E-state index in [0.717, 1.165) is 17.4 Å². The lowest BCUT2D eigenvalue weighted by Crippen LogP contribution is -2.08. The van der Waals surface area contributed by atoms with E-state index in [1.54, 1.807) is 7.11 Å². The van der Waals surface area contributed by atoms with Gasteiger partial charge >= 0.3 is 6.18 Å². The van der Waals surface area contributed by atoms with Crippen LogP contribution in [0.2, 0.25) is 0 Å². The highest BCUT2D eigenvalue weighted by atomic mass is 19.4. The Morgan fingerprint density at radius 3 is 2.30 bits per heavy atom. The van der Waals surface area contributed by atoms with Crippen molar-refractivity contribution in [2.75, 3.05) is 12.4 Å². The highest BCUT2D eigenvalue weighted by Crippen LogP contribution is 2.27. The van der Waals surface area contributed by atoms with Crippen molar-refractivity contribution in [3.05, 3.63) is 53.9 Å². The molecule has 3 nitrogen and oxygen atoms in total. The summed E-state index contributed by atoms with van der Waals surface area (Å²) in [4.78, 5) is 3.38. The number of ether oxygens (including phenoxy) is 1. The lowest BCUT2D eigenvalue weighted by Gasteiger charge is -2.09. The molecule has 0 saturated heterocycles. The standard InChI is InChI=1S/C14H13F3N2O/c1-20-12-5-2-10(3-6-12)8-18-11-4-7-13(19-9-11)14(15,16)17/h2-7,9,18H,8H2,1H3. The van der Waals surface area contributed by atoms with Gasteiger partial charge in [-0.15, -0.1) is 0 Å². The Balaban J connectivity index is 1.96. The van der Waals surface area contributed by atoms with E-state index in [1.807, 2.05) is 24.3 Å². The summed E-state index contributed by atoms with van der Waals surface area (Å²) in [5, 5.41) is 3.01. The summed E-state index contributed by atoms with van der Waals surface area (Å²) >= 11 is 0. The summed E-state index contributed by atoms with van der Waals surface area (Å²) in [6.07, 6.45) is -3.24. The minimum Gasteiger partial charge on any atom is -0.497 e. The SMILES string of the molecule is COc1ccc(CNc2ccc(C(F)(F)F)nc2)cc1. The molecule has 0 saturated carbocycles. The largest absolute Gasteiger partial charge is 0.497 e. The number of halogens is 3. The number of anilines is 1. The summed E-state index contributed by atoms with van der Waals surface area (Å²) in [6.45, 7) is 0.497. The van der Waals surface area contributed by atoms with Crippen molar-refractivity contribution < 1.29 is 17.9 Å². The number of hydrogen-bond donors (Lipinski definition) is 1. The Bertz CT molecular complexity index is 550. The van der Waals surface area contributed by atoms with E-state index in [4.69, 9.17) is 4.74 Å². The van der Waals surface area contributed by atoms with Gasteiger partial charge in [-0.3, -0.25) is 0 Å². The van der Waals surface area contributed by atoms with Gasteiger partial charge in [0.25, 0.3) is 0 Å². The van der Waals surface area contributed by atoms with Crippen LogP contribution in [-0.2, 0) is 12.7 Å². The first kappa shape index (κ1) is 14.2. The Kier molecular flexibility index (Phi) is 4.12. The van der Waals surface area contributed by atoms with Crippen molar-refractivity contribution in [1.29, 1.82) is 0 Å². The van der Waals surface area contributed by atoms with Crippen molar-refractivity contribution in [3.8, 4) is 5.75 Å². The fourth-order valence-electron chi connectivity index (χ4n) is 1.61. The van der Waals surface area contributed by atoms with Gasteiger partial charge in [0.1, 0.15) is 11.4 Å². The van der Waals surface area contributed by atoms with Crippen molar-refractivity contribution in [1.82, 2.24) is 4.98 Å². The van der Waals surface area contributed by atoms with Crippen molar-refractivity contribution in [2.45, 2.75) is 12.7 Å². The van der Waals surface area contributed by atoms with Crippen LogP contribution < -0.4 is 10.1 Å². The summed E-state index contributed by atoms with van der Waals surface area (Å²) in [5.74, 6) is 0.755. The average Bonchev–Trinajstić information content (AvgIpc) is 2.45. The molecule has 1 aromatic carbocycles. The number of hydrogen-bond acceptors (Lipinski definition) is 3. The summed E-state index contributed by atoms with van der Waals surface area (Å²) in [6, 6.07) is 9.71. The van der Waals surface area contributed by atoms with E-state index >= 15 is 0 Å². The third kappa shape index (κ3) is 3.63. The Morgan fingerprint density at radius 2 is 1.80 bits per heavy atom. The van der Waals surface area contributed by atoms with E-state index in [0.29, 0.717) is 12.2 Å². The Hall–Kier alpha value is -2.24. The quantitative estimate of drug-likeness (QED) is 0.928.